The highest BCUT2D eigenvalue weighted by Gasteiger charge is 2.30. The zero-order valence-corrected chi connectivity index (χ0v) is 19.5. The summed E-state index contributed by atoms with van der Waals surface area (Å²) in [6.45, 7) is 0.593. The minimum atomic E-state index is -4.24. The maximum Gasteiger partial charge on any atom is 0.268 e. The molecule has 1 fully saturated rings. The molecule has 1 aliphatic rings. The van der Waals surface area contributed by atoms with Crippen LogP contribution in [0.3, 0.4) is 0 Å². The van der Waals surface area contributed by atoms with Crippen LogP contribution in [-0.4, -0.2) is 30.5 Å². The van der Waals surface area contributed by atoms with Crippen molar-refractivity contribution >= 4 is 27.1 Å². The van der Waals surface area contributed by atoms with Gasteiger partial charge >= 0.3 is 0 Å². The summed E-state index contributed by atoms with van der Waals surface area (Å²) in [5.41, 5.74) is 1.42. The molecule has 0 spiro atoms. The Hall–Kier alpha value is -4.30. The molecule has 182 valence electrons. The molecule has 36 heavy (non-hydrogen) atoms. The number of hydrogen-bond acceptors (Lipinski definition) is 6. The molecule has 0 unspecified atom stereocenters. The number of fused-ring (bicyclic) bond motifs is 1. The minimum Gasteiger partial charge on any atom is -0.364 e. The molecule has 1 atom stereocenters. The average Bonchev–Trinajstić information content (AvgIpc) is 3.52. The molecular weight excluding hydrogens is 488 g/mol. The molecule has 2 aromatic heterocycles. The van der Waals surface area contributed by atoms with Gasteiger partial charge in [-0.2, -0.15) is 10.4 Å². The largest absolute Gasteiger partial charge is 0.364 e. The maximum absolute atomic E-state index is 14.5. The number of anilines is 1. The van der Waals surface area contributed by atoms with Gasteiger partial charge < -0.3 is 4.90 Å². The lowest BCUT2D eigenvalue weighted by Crippen LogP contribution is -2.30. The Labute approximate surface area is 205 Å². The topological polar surface area (TPSA) is 108 Å². The summed E-state index contributed by atoms with van der Waals surface area (Å²) in [7, 11) is -4.24. The lowest BCUT2D eigenvalue weighted by Gasteiger charge is -2.27. The van der Waals surface area contributed by atoms with E-state index in [2.05, 4.69) is 5.10 Å². The molecule has 1 amide bonds. The van der Waals surface area contributed by atoms with Crippen molar-refractivity contribution < 1.29 is 22.0 Å². The van der Waals surface area contributed by atoms with Gasteiger partial charge in [-0.15, -0.1) is 0 Å². The van der Waals surface area contributed by atoms with E-state index in [1.807, 2.05) is 15.7 Å². The third-order valence-corrected chi connectivity index (χ3v) is 7.48. The lowest BCUT2D eigenvalue weighted by atomic mass is 10.0. The van der Waals surface area contributed by atoms with Crippen LogP contribution < -0.4 is 9.62 Å². The van der Waals surface area contributed by atoms with E-state index >= 15 is 0 Å². The Morgan fingerprint density at radius 3 is 2.78 bits per heavy atom. The Morgan fingerprint density at radius 1 is 1.14 bits per heavy atom. The van der Waals surface area contributed by atoms with E-state index in [0.717, 1.165) is 18.6 Å². The van der Waals surface area contributed by atoms with Gasteiger partial charge in [-0.25, -0.2) is 26.4 Å². The highest BCUT2D eigenvalue weighted by atomic mass is 32.2. The molecule has 5 rings (SSSR count). The zero-order chi connectivity index (χ0) is 25.4. The number of sulfonamides is 1. The molecule has 2 aromatic carbocycles. The van der Waals surface area contributed by atoms with Crippen molar-refractivity contribution in [1.29, 1.82) is 5.26 Å². The number of rotatable bonds is 5. The number of aromatic nitrogens is 2. The van der Waals surface area contributed by atoms with E-state index in [0.29, 0.717) is 24.2 Å². The zero-order valence-electron chi connectivity index (χ0n) is 18.7. The number of carbonyl (C=O) groups excluding carboxylic acids is 1. The fourth-order valence-electron chi connectivity index (χ4n) is 4.46. The number of hydrogen-bond donors (Lipinski definition) is 1. The molecule has 8 nitrogen and oxygen atoms in total. The normalized spacial score (nSPS) is 15.7. The van der Waals surface area contributed by atoms with E-state index in [1.54, 1.807) is 18.3 Å². The second kappa shape index (κ2) is 9.05. The summed E-state index contributed by atoms with van der Waals surface area (Å²) in [5.74, 6) is -1.91. The Morgan fingerprint density at radius 2 is 1.97 bits per heavy atom. The number of halogens is 2. The van der Waals surface area contributed by atoms with E-state index in [9.17, 15) is 22.0 Å². The quantitative estimate of drug-likeness (QED) is 0.438. The summed E-state index contributed by atoms with van der Waals surface area (Å²) >= 11 is 0. The van der Waals surface area contributed by atoms with Crippen molar-refractivity contribution in [2.24, 2.45) is 0 Å². The summed E-state index contributed by atoms with van der Waals surface area (Å²) in [5, 5.41) is 13.2. The molecule has 11 heteroatoms. The van der Waals surface area contributed by atoms with Gasteiger partial charge in [0.05, 0.1) is 39.8 Å². The molecule has 1 saturated heterocycles. The Balaban J connectivity index is 1.46. The highest BCUT2D eigenvalue weighted by molar-refractivity contribution is 7.90. The molecule has 1 N–H and O–H groups in total. The highest BCUT2D eigenvalue weighted by Crippen LogP contribution is 2.38. The minimum absolute atomic E-state index is 0.0181. The summed E-state index contributed by atoms with van der Waals surface area (Å²) in [4.78, 5) is 14.7. The number of nitrogens with one attached hydrogen (secondary N) is 1. The van der Waals surface area contributed by atoms with Gasteiger partial charge in [-0.3, -0.25) is 4.79 Å². The third kappa shape index (κ3) is 4.27. The van der Waals surface area contributed by atoms with Crippen molar-refractivity contribution in [3.05, 3.63) is 95.3 Å². The number of benzene rings is 2. The number of pyridine rings is 1. The SMILES string of the molecule is N#Cc1cccc(S(=O)(=O)NC(=O)c2cnn3ccc(N4CCC[C@@H]4c4cc(F)ccc4F)cc23)c1. The predicted molar refractivity (Wildman–Crippen MR) is 127 cm³/mol. The van der Waals surface area contributed by atoms with Gasteiger partial charge in [0.25, 0.3) is 15.9 Å². The molecule has 0 saturated carbocycles. The number of amides is 1. The predicted octanol–water partition coefficient (Wildman–Crippen LogP) is 3.94. The molecule has 4 aromatic rings. The summed E-state index contributed by atoms with van der Waals surface area (Å²) < 4.78 is 57.2. The standard InChI is InChI=1S/C25H19F2N5O3S/c26-17-6-7-22(27)20(12-17)23-5-2-9-31(23)18-8-10-32-24(13-18)21(15-29-32)25(33)30-36(34,35)19-4-1-3-16(11-19)14-28/h1,3-4,6-8,10-13,15,23H,2,5,9H2,(H,30,33)/t23-/m1/s1. The van der Waals surface area contributed by atoms with Gasteiger partial charge in [-0.05, 0) is 61.4 Å². The van der Waals surface area contributed by atoms with Crippen molar-refractivity contribution in [3.63, 3.8) is 0 Å². The number of nitriles is 1. The third-order valence-electron chi connectivity index (χ3n) is 6.15. The van der Waals surface area contributed by atoms with Gasteiger partial charge in [0.2, 0.25) is 0 Å². The van der Waals surface area contributed by atoms with Gasteiger partial charge in [0, 0.05) is 24.0 Å². The molecule has 0 bridgehead atoms. The van der Waals surface area contributed by atoms with Crippen LogP contribution in [0.4, 0.5) is 14.5 Å². The maximum atomic E-state index is 14.5. The fourth-order valence-corrected chi connectivity index (χ4v) is 5.47. The molecule has 0 aliphatic carbocycles. The van der Waals surface area contributed by atoms with Crippen LogP contribution in [0.2, 0.25) is 0 Å². The monoisotopic (exact) mass is 507 g/mol. The van der Waals surface area contributed by atoms with Crippen molar-refractivity contribution in [1.82, 2.24) is 14.3 Å². The Kier molecular flexibility index (Phi) is 5.89. The van der Waals surface area contributed by atoms with Crippen LogP contribution in [0, 0.1) is 23.0 Å². The summed E-state index contributed by atoms with van der Waals surface area (Å²) in [6.07, 6.45) is 4.25. The van der Waals surface area contributed by atoms with Crippen LogP contribution in [-0.2, 0) is 10.0 Å². The number of carbonyl (C=O) groups is 1. The van der Waals surface area contributed by atoms with Crippen LogP contribution in [0.15, 0.2) is 71.9 Å². The first-order valence-electron chi connectivity index (χ1n) is 11.0. The van der Waals surface area contributed by atoms with Crippen LogP contribution in [0.5, 0.6) is 0 Å². The first-order chi connectivity index (χ1) is 17.3. The second-order valence-corrected chi connectivity index (χ2v) is 10.0. The van der Waals surface area contributed by atoms with Crippen LogP contribution in [0.25, 0.3) is 5.52 Å². The number of nitrogens with zero attached hydrogens (tertiary/aromatic N) is 4. The molecule has 0 radical (unpaired) electrons. The molecule has 1 aliphatic heterocycles. The van der Waals surface area contributed by atoms with Crippen molar-refractivity contribution in [2.45, 2.75) is 23.8 Å². The van der Waals surface area contributed by atoms with Crippen LogP contribution >= 0.6 is 0 Å². The van der Waals surface area contributed by atoms with Crippen LogP contribution in [0.1, 0.15) is 40.4 Å². The van der Waals surface area contributed by atoms with Gasteiger partial charge in [-0.1, -0.05) is 6.07 Å². The smallest absolute Gasteiger partial charge is 0.268 e. The first-order valence-corrected chi connectivity index (χ1v) is 12.5. The van der Waals surface area contributed by atoms with E-state index in [-0.39, 0.29) is 21.6 Å². The Bertz CT molecular complexity index is 1650. The van der Waals surface area contributed by atoms with Gasteiger partial charge in [0.15, 0.2) is 0 Å². The van der Waals surface area contributed by atoms with E-state index in [1.165, 1.54) is 41.0 Å². The van der Waals surface area contributed by atoms with Gasteiger partial charge in [0.1, 0.15) is 11.6 Å². The van der Waals surface area contributed by atoms with Crippen molar-refractivity contribution in [3.8, 4) is 6.07 Å². The first kappa shape index (κ1) is 23.4. The van der Waals surface area contributed by atoms with E-state index < -0.39 is 33.6 Å². The van der Waals surface area contributed by atoms with Crippen molar-refractivity contribution in [2.75, 3.05) is 11.4 Å². The lowest BCUT2D eigenvalue weighted by molar-refractivity contribution is 0.0983. The molecule has 3 heterocycles. The second-order valence-electron chi connectivity index (χ2n) is 8.36. The van der Waals surface area contributed by atoms with E-state index in [4.69, 9.17) is 5.26 Å². The average molecular weight is 508 g/mol. The summed E-state index contributed by atoms with van der Waals surface area (Å²) in [6, 6.07) is 13.6. The molecular formula is C25H19F2N5O3S. The fraction of sp³-hybridized carbons (Fsp3) is 0.160.